The van der Waals surface area contributed by atoms with Crippen LogP contribution in [0.15, 0.2) is 12.3 Å². The summed E-state index contributed by atoms with van der Waals surface area (Å²) in [5.74, 6) is 0.165. The summed E-state index contributed by atoms with van der Waals surface area (Å²) in [6.45, 7) is 5.05. The Labute approximate surface area is 84.6 Å². The summed E-state index contributed by atoms with van der Waals surface area (Å²) in [5, 5.41) is 20.4. The van der Waals surface area contributed by atoms with E-state index in [0.29, 0.717) is 12.8 Å². The zero-order valence-electron chi connectivity index (χ0n) is 8.62. The van der Waals surface area contributed by atoms with Crippen molar-refractivity contribution in [1.82, 2.24) is 5.32 Å². The normalized spacial score (nSPS) is 10.3. The van der Waals surface area contributed by atoms with Crippen LogP contribution in [0.2, 0.25) is 0 Å². The second-order valence-electron chi connectivity index (χ2n) is 3.37. The highest BCUT2D eigenvalue weighted by Gasteiger charge is 2.05. The quantitative estimate of drug-likeness (QED) is 0.525. The predicted octanol–water partition coefficient (Wildman–Crippen LogP) is 0.202. The van der Waals surface area contributed by atoms with Crippen molar-refractivity contribution in [3.8, 4) is 0 Å². The van der Waals surface area contributed by atoms with Crippen LogP contribution in [0.5, 0.6) is 0 Å². The van der Waals surface area contributed by atoms with Crippen molar-refractivity contribution in [1.29, 1.82) is 0 Å². The Morgan fingerprint density at radius 2 is 1.93 bits per heavy atom. The van der Waals surface area contributed by atoms with Gasteiger partial charge in [0.2, 0.25) is 0 Å². The Morgan fingerprint density at radius 1 is 1.36 bits per heavy atom. The van der Waals surface area contributed by atoms with E-state index in [1.165, 1.54) is 0 Å². The number of carbonyl (C=O) groups excluding carboxylic acids is 1. The Hall–Kier alpha value is -0.870. The fourth-order valence-corrected chi connectivity index (χ4v) is 1.06. The van der Waals surface area contributed by atoms with E-state index >= 15 is 0 Å². The van der Waals surface area contributed by atoms with Crippen LogP contribution >= 0.6 is 0 Å². The molecule has 0 rings (SSSR count). The van der Waals surface area contributed by atoms with Crippen LogP contribution in [0, 0.1) is 0 Å². The Morgan fingerprint density at radius 3 is 2.36 bits per heavy atom. The van der Waals surface area contributed by atoms with E-state index in [0.717, 1.165) is 12.1 Å². The molecule has 82 valence electrons. The number of Topliss-reactive ketones (excluding diaryl/α,β-unsaturated/α-hetero) is 1. The average Bonchev–Trinajstić information content (AvgIpc) is 2.13. The largest absolute Gasteiger partial charge is 0.394 e. The van der Waals surface area contributed by atoms with Gasteiger partial charge >= 0.3 is 0 Å². The van der Waals surface area contributed by atoms with Crippen LogP contribution in [0.1, 0.15) is 26.2 Å². The van der Waals surface area contributed by atoms with Gasteiger partial charge in [-0.15, -0.1) is 0 Å². The molecule has 0 aromatic heterocycles. The van der Waals surface area contributed by atoms with Crippen molar-refractivity contribution >= 4 is 5.78 Å². The molecule has 0 aromatic rings. The molecule has 0 aliphatic rings. The molecule has 4 heteroatoms. The minimum atomic E-state index is -0.347. The lowest BCUT2D eigenvalue weighted by molar-refractivity contribution is -0.117. The summed E-state index contributed by atoms with van der Waals surface area (Å²) in [4.78, 5) is 10.6. The number of rotatable bonds is 8. The van der Waals surface area contributed by atoms with E-state index in [2.05, 4.69) is 11.9 Å². The van der Waals surface area contributed by atoms with Gasteiger partial charge in [-0.3, -0.25) is 0 Å². The minimum absolute atomic E-state index is 0.123. The van der Waals surface area contributed by atoms with E-state index < -0.39 is 0 Å². The first-order valence-corrected chi connectivity index (χ1v) is 4.75. The van der Waals surface area contributed by atoms with E-state index in [1.54, 1.807) is 6.92 Å². The van der Waals surface area contributed by atoms with Crippen LogP contribution < -0.4 is 5.32 Å². The average molecular weight is 201 g/mol. The molecule has 0 unspecified atom stereocenters. The van der Waals surface area contributed by atoms with Gasteiger partial charge in [0.1, 0.15) is 5.78 Å². The van der Waals surface area contributed by atoms with Gasteiger partial charge in [-0.05, 0) is 19.8 Å². The highest BCUT2D eigenvalue weighted by atomic mass is 16.3. The molecule has 0 spiro atoms. The van der Waals surface area contributed by atoms with Crippen molar-refractivity contribution in [3.63, 3.8) is 0 Å². The molecule has 0 bridgehead atoms. The first kappa shape index (κ1) is 13.1. The fourth-order valence-electron chi connectivity index (χ4n) is 1.06. The summed E-state index contributed by atoms with van der Waals surface area (Å²) in [6.07, 6.45) is 1.99. The molecule has 4 nitrogen and oxygen atoms in total. The molecule has 0 aromatic carbocycles. The number of nitrogens with one attached hydrogen (secondary N) is 1. The van der Waals surface area contributed by atoms with Crippen molar-refractivity contribution in [2.24, 2.45) is 0 Å². The maximum Gasteiger partial charge on any atom is 0.129 e. The zero-order chi connectivity index (χ0) is 11.0. The van der Waals surface area contributed by atoms with Gasteiger partial charge in [0.25, 0.3) is 0 Å². The Bertz CT molecular complexity index is 188. The van der Waals surface area contributed by atoms with Gasteiger partial charge < -0.3 is 20.3 Å². The monoisotopic (exact) mass is 201 g/mol. The van der Waals surface area contributed by atoms with Crippen molar-refractivity contribution in [2.75, 3.05) is 13.2 Å². The molecule has 0 aliphatic heterocycles. The molecule has 3 N–H and O–H groups in total. The van der Waals surface area contributed by atoms with Gasteiger partial charge in [-0.2, -0.15) is 0 Å². The number of hydrogen-bond acceptors (Lipinski definition) is 4. The Balaban J connectivity index is 3.59. The van der Waals surface area contributed by atoms with Crippen LogP contribution in [-0.2, 0) is 4.79 Å². The molecule has 0 amide bonds. The topological polar surface area (TPSA) is 69.6 Å². The first-order valence-electron chi connectivity index (χ1n) is 4.75. The SMILES string of the molecule is C=C(CCCC(C)=O)NC(CO)CO. The molecule has 0 aliphatic carbocycles. The van der Waals surface area contributed by atoms with E-state index in [-0.39, 0.29) is 25.0 Å². The molecule has 0 fully saturated rings. The predicted molar refractivity (Wildman–Crippen MR) is 54.8 cm³/mol. The number of hydrogen-bond donors (Lipinski definition) is 3. The smallest absolute Gasteiger partial charge is 0.129 e. The lowest BCUT2D eigenvalue weighted by Crippen LogP contribution is -2.34. The zero-order valence-corrected chi connectivity index (χ0v) is 8.62. The molecule has 0 saturated carbocycles. The van der Waals surface area contributed by atoms with Crippen LogP contribution in [0.3, 0.4) is 0 Å². The summed E-state index contributed by atoms with van der Waals surface area (Å²) in [7, 11) is 0. The molecule has 0 saturated heterocycles. The molecular formula is C10H19NO3. The number of allylic oxidation sites excluding steroid dienone is 1. The summed E-state index contributed by atoms with van der Waals surface area (Å²) < 4.78 is 0. The van der Waals surface area contributed by atoms with Gasteiger partial charge in [0, 0.05) is 12.1 Å². The second-order valence-corrected chi connectivity index (χ2v) is 3.37. The number of carbonyl (C=O) groups is 1. The molecule has 0 heterocycles. The second kappa shape index (κ2) is 7.53. The molecule has 0 radical (unpaired) electrons. The van der Waals surface area contributed by atoms with Gasteiger partial charge in [0.15, 0.2) is 0 Å². The fraction of sp³-hybridized carbons (Fsp3) is 0.700. The summed E-state index contributed by atoms with van der Waals surface area (Å²) >= 11 is 0. The van der Waals surface area contributed by atoms with Gasteiger partial charge in [-0.1, -0.05) is 6.58 Å². The first-order chi connectivity index (χ1) is 6.60. The van der Waals surface area contributed by atoms with E-state index in [9.17, 15) is 4.79 Å². The van der Waals surface area contributed by atoms with Gasteiger partial charge in [0.05, 0.1) is 19.3 Å². The van der Waals surface area contributed by atoms with Crippen LogP contribution in [-0.4, -0.2) is 35.3 Å². The lowest BCUT2D eigenvalue weighted by atomic mass is 10.1. The minimum Gasteiger partial charge on any atom is -0.394 e. The van der Waals surface area contributed by atoms with Crippen LogP contribution in [0.4, 0.5) is 0 Å². The van der Waals surface area contributed by atoms with E-state index in [4.69, 9.17) is 10.2 Å². The third-order valence-electron chi connectivity index (χ3n) is 1.86. The number of aliphatic hydroxyl groups excluding tert-OH is 2. The molecule has 0 atom stereocenters. The van der Waals surface area contributed by atoms with Crippen molar-refractivity contribution < 1.29 is 15.0 Å². The maximum absolute atomic E-state index is 10.6. The van der Waals surface area contributed by atoms with Crippen molar-refractivity contribution in [3.05, 3.63) is 12.3 Å². The van der Waals surface area contributed by atoms with Crippen LogP contribution in [0.25, 0.3) is 0 Å². The molecular weight excluding hydrogens is 182 g/mol. The molecule has 14 heavy (non-hydrogen) atoms. The highest BCUT2D eigenvalue weighted by Crippen LogP contribution is 2.03. The maximum atomic E-state index is 10.6. The summed E-state index contributed by atoms with van der Waals surface area (Å²) in [6, 6.07) is -0.347. The van der Waals surface area contributed by atoms with Gasteiger partial charge in [-0.25, -0.2) is 0 Å². The Kier molecular flexibility index (Phi) is 7.06. The lowest BCUT2D eigenvalue weighted by Gasteiger charge is -2.16. The van der Waals surface area contributed by atoms with E-state index in [1.807, 2.05) is 0 Å². The summed E-state index contributed by atoms with van der Waals surface area (Å²) in [5.41, 5.74) is 0.749. The van der Waals surface area contributed by atoms with Crippen molar-refractivity contribution in [2.45, 2.75) is 32.2 Å². The number of aliphatic hydroxyl groups is 2. The number of ketones is 1. The third kappa shape index (κ3) is 6.62. The standard InChI is InChI=1S/C10H19NO3/c1-8(4-3-5-9(2)14)11-10(6-12)7-13/h10-13H,1,3-7H2,2H3. The third-order valence-corrected chi connectivity index (χ3v) is 1.86. The highest BCUT2D eigenvalue weighted by molar-refractivity contribution is 5.75.